The summed E-state index contributed by atoms with van der Waals surface area (Å²) in [7, 11) is 0. The number of hydrogen-bond donors (Lipinski definition) is 0. The van der Waals surface area contributed by atoms with Crippen molar-refractivity contribution >= 4 is 11.3 Å². The second kappa shape index (κ2) is 7.40. The molecule has 0 amide bonds. The molecule has 2 saturated heterocycles. The van der Waals surface area contributed by atoms with Crippen molar-refractivity contribution in [3.63, 3.8) is 0 Å². The highest BCUT2D eigenvalue weighted by Crippen LogP contribution is 2.41. The summed E-state index contributed by atoms with van der Waals surface area (Å²) in [5, 5.41) is 0. The molecule has 25 heavy (non-hydrogen) atoms. The largest absolute Gasteiger partial charge is 0.477 e. The minimum atomic E-state index is 0.0621. The summed E-state index contributed by atoms with van der Waals surface area (Å²) in [4.78, 5) is 12.6. The molecular weight excluding hydrogens is 334 g/mol. The zero-order valence-electron chi connectivity index (χ0n) is 14.7. The molecule has 2 aromatic heterocycles. The maximum atomic E-state index is 6.14. The van der Waals surface area contributed by atoms with Crippen LogP contribution in [0.3, 0.4) is 0 Å². The van der Waals surface area contributed by atoms with Gasteiger partial charge in [0.2, 0.25) is 5.88 Å². The van der Waals surface area contributed by atoms with Crippen LogP contribution in [0.25, 0.3) is 0 Å². The van der Waals surface area contributed by atoms with E-state index >= 15 is 0 Å². The molecule has 0 spiro atoms. The molecule has 4 rings (SSSR count). The van der Waals surface area contributed by atoms with Crippen LogP contribution >= 0.6 is 11.3 Å². The first-order chi connectivity index (χ1) is 12.3. The van der Waals surface area contributed by atoms with Crippen molar-refractivity contribution in [3.8, 4) is 5.88 Å². The summed E-state index contributed by atoms with van der Waals surface area (Å²) in [5.41, 5.74) is 3.17. The number of aromatic nitrogens is 2. The number of aryl methyl sites for hydroxylation is 1. The molecule has 4 heterocycles. The predicted molar refractivity (Wildman–Crippen MR) is 97.9 cm³/mol. The third-order valence-corrected chi connectivity index (χ3v) is 6.34. The topological polar surface area (TPSA) is 47.5 Å². The Hall–Kier alpha value is -1.50. The highest BCUT2D eigenvalue weighted by atomic mass is 32.1. The highest BCUT2D eigenvalue weighted by Gasteiger charge is 2.46. The van der Waals surface area contributed by atoms with Gasteiger partial charge in [0.15, 0.2) is 0 Å². The Balaban J connectivity index is 1.48. The normalized spacial score (nSPS) is 27.0. The molecule has 2 atom stereocenters. The number of piperidine rings is 1. The number of fused-ring (bicyclic) bond motifs is 1. The van der Waals surface area contributed by atoms with Crippen LogP contribution in [0.2, 0.25) is 0 Å². The first-order valence-electron chi connectivity index (χ1n) is 9.02. The van der Waals surface area contributed by atoms with Gasteiger partial charge in [-0.2, -0.15) is 0 Å². The second-order valence-corrected chi connectivity index (χ2v) is 8.08. The SMILES string of the molecule is Cc1ncsc1CN1CCC2OCCCC2(COc2ccccn2)C1. The first-order valence-corrected chi connectivity index (χ1v) is 9.90. The predicted octanol–water partition coefficient (Wildman–Crippen LogP) is 3.30. The van der Waals surface area contributed by atoms with Crippen molar-refractivity contribution in [1.29, 1.82) is 0 Å². The molecule has 2 aromatic rings. The van der Waals surface area contributed by atoms with Gasteiger partial charge in [0.1, 0.15) is 0 Å². The molecule has 5 nitrogen and oxygen atoms in total. The smallest absolute Gasteiger partial charge is 0.213 e. The maximum Gasteiger partial charge on any atom is 0.213 e. The molecule has 0 aliphatic carbocycles. The van der Waals surface area contributed by atoms with E-state index < -0.39 is 0 Å². The lowest BCUT2D eigenvalue weighted by molar-refractivity contribution is -0.141. The molecule has 2 unspecified atom stereocenters. The Morgan fingerprint density at radius 3 is 3.16 bits per heavy atom. The minimum Gasteiger partial charge on any atom is -0.477 e. The zero-order chi connectivity index (χ0) is 17.1. The van der Waals surface area contributed by atoms with Gasteiger partial charge >= 0.3 is 0 Å². The summed E-state index contributed by atoms with van der Waals surface area (Å²) in [6.07, 6.45) is 5.41. The maximum absolute atomic E-state index is 6.14. The van der Waals surface area contributed by atoms with E-state index in [1.807, 2.05) is 23.7 Å². The second-order valence-electron chi connectivity index (χ2n) is 7.14. The number of nitrogens with zero attached hydrogens (tertiary/aromatic N) is 3. The molecule has 0 N–H and O–H groups in total. The fraction of sp³-hybridized carbons (Fsp3) is 0.579. The molecule has 0 radical (unpaired) electrons. The molecule has 2 aliphatic heterocycles. The monoisotopic (exact) mass is 359 g/mol. The third-order valence-electron chi connectivity index (χ3n) is 5.42. The molecule has 2 aliphatic rings. The molecule has 2 fully saturated rings. The lowest BCUT2D eigenvalue weighted by atomic mass is 9.73. The van der Waals surface area contributed by atoms with Crippen LogP contribution in [-0.4, -0.2) is 47.3 Å². The van der Waals surface area contributed by atoms with Crippen molar-refractivity contribution in [1.82, 2.24) is 14.9 Å². The highest BCUT2D eigenvalue weighted by molar-refractivity contribution is 7.09. The molecule has 134 valence electrons. The van der Waals surface area contributed by atoms with Gasteiger partial charge in [-0.1, -0.05) is 6.07 Å². The van der Waals surface area contributed by atoms with Gasteiger partial charge in [-0.15, -0.1) is 11.3 Å². The standard InChI is InChI=1S/C19H25N3O2S/c1-15-16(25-14-21-15)11-22-9-6-17-19(12-22,7-4-10-23-17)13-24-18-5-2-3-8-20-18/h2-3,5,8,14,17H,4,6-7,9-13H2,1H3. The molecule has 0 saturated carbocycles. The average Bonchev–Trinajstić information content (AvgIpc) is 3.05. The average molecular weight is 359 g/mol. The Bertz CT molecular complexity index is 693. The number of hydrogen-bond acceptors (Lipinski definition) is 6. The Labute approximate surface area is 153 Å². The van der Waals surface area contributed by atoms with Crippen molar-refractivity contribution in [2.45, 2.75) is 38.8 Å². The Kier molecular flexibility index (Phi) is 5.01. The van der Waals surface area contributed by atoms with E-state index in [2.05, 4.69) is 21.8 Å². The summed E-state index contributed by atoms with van der Waals surface area (Å²) in [5.74, 6) is 0.705. The van der Waals surface area contributed by atoms with Gasteiger partial charge in [-0.3, -0.25) is 4.90 Å². The third kappa shape index (κ3) is 3.71. The van der Waals surface area contributed by atoms with Crippen LogP contribution in [0.15, 0.2) is 29.9 Å². The number of pyridine rings is 1. The van der Waals surface area contributed by atoms with E-state index in [1.165, 1.54) is 4.88 Å². The Morgan fingerprint density at radius 1 is 1.40 bits per heavy atom. The van der Waals surface area contributed by atoms with Crippen LogP contribution in [-0.2, 0) is 11.3 Å². The number of ether oxygens (including phenoxy) is 2. The fourth-order valence-electron chi connectivity index (χ4n) is 4.06. The van der Waals surface area contributed by atoms with E-state index in [4.69, 9.17) is 9.47 Å². The fourth-order valence-corrected chi connectivity index (χ4v) is 4.88. The van der Waals surface area contributed by atoms with Crippen LogP contribution in [0.1, 0.15) is 29.8 Å². The number of likely N-dealkylation sites (tertiary alicyclic amines) is 1. The van der Waals surface area contributed by atoms with Gasteiger partial charge in [-0.05, 0) is 32.3 Å². The van der Waals surface area contributed by atoms with Gasteiger partial charge in [0.05, 0.1) is 23.9 Å². The van der Waals surface area contributed by atoms with Crippen molar-refractivity contribution < 1.29 is 9.47 Å². The van der Waals surface area contributed by atoms with E-state index in [0.29, 0.717) is 18.6 Å². The summed E-state index contributed by atoms with van der Waals surface area (Å²) >= 11 is 1.76. The van der Waals surface area contributed by atoms with Crippen LogP contribution < -0.4 is 4.74 Å². The van der Waals surface area contributed by atoms with Crippen molar-refractivity contribution in [3.05, 3.63) is 40.5 Å². The van der Waals surface area contributed by atoms with E-state index in [-0.39, 0.29) is 5.41 Å². The van der Waals surface area contributed by atoms with Gasteiger partial charge in [0.25, 0.3) is 0 Å². The molecule has 6 heteroatoms. The molecular formula is C19H25N3O2S. The van der Waals surface area contributed by atoms with Gasteiger partial charge in [-0.25, -0.2) is 9.97 Å². The lowest BCUT2D eigenvalue weighted by Crippen LogP contribution is -2.57. The van der Waals surface area contributed by atoms with E-state index in [0.717, 1.165) is 51.2 Å². The first kappa shape index (κ1) is 16.9. The molecule has 0 aromatic carbocycles. The van der Waals surface area contributed by atoms with Crippen LogP contribution in [0.4, 0.5) is 0 Å². The quantitative estimate of drug-likeness (QED) is 0.820. The summed E-state index contributed by atoms with van der Waals surface area (Å²) < 4.78 is 12.2. The van der Waals surface area contributed by atoms with Crippen molar-refractivity contribution in [2.24, 2.45) is 5.41 Å². The minimum absolute atomic E-state index is 0.0621. The van der Waals surface area contributed by atoms with Crippen molar-refractivity contribution in [2.75, 3.05) is 26.3 Å². The summed E-state index contributed by atoms with van der Waals surface area (Å²) in [6, 6.07) is 5.81. The van der Waals surface area contributed by atoms with Crippen LogP contribution in [0.5, 0.6) is 5.88 Å². The van der Waals surface area contributed by atoms with Gasteiger partial charge < -0.3 is 9.47 Å². The van der Waals surface area contributed by atoms with Gasteiger partial charge in [0, 0.05) is 48.8 Å². The van der Waals surface area contributed by atoms with Crippen LogP contribution in [0, 0.1) is 12.3 Å². The zero-order valence-corrected chi connectivity index (χ0v) is 15.5. The molecule has 0 bridgehead atoms. The van der Waals surface area contributed by atoms with E-state index in [1.54, 1.807) is 17.5 Å². The number of rotatable bonds is 5. The number of thiazole rings is 1. The lowest BCUT2D eigenvalue weighted by Gasteiger charge is -2.50. The Morgan fingerprint density at radius 2 is 2.36 bits per heavy atom. The van der Waals surface area contributed by atoms with E-state index in [9.17, 15) is 0 Å². The summed E-state index contributed by atoms with van der Waals surface area (Å²) in [6.45, 7) is 6.73.